The SMILES string of the molecule is N=C=O.N=C=O.O=C1CCCCC(=O)OCCO1. The molecule has 0 bridgehead atoms. The third kappa shape index (κ3) is 16.1. The molecule has 0 unspecified atom stereocenters. The van der Waals surface area contributed by atoms with Crippen molar-refractivity contribution in [3.8, 4) is 0 Å². The molecule has 0 spiro atoms. The fourth-order valence-electron chi connectivity index (χ4n) is 0.994. The van der Waals surface area contributed by atoms with Crippen molar-refractivity contribution in [2.75, 3.05) is 13.2 Å². The van der Waals surface area contributed by atoms with Gasteiger partial charge in [0.1, 0.15) is 13.2 Å². The van der Waals surface area contributed by atoms with E-state index in [1.165, 1.54) is 0 Å². The highest BCUT2D eigenvalue weighted by molar-refractivity contribution is 5.71. The fourth-order valence-corrected chi connectivity index (χ4v) is 0.994. The van der Waals surface area contributed by atoms with Gasteiger partial charge in [0.25, 0.3) is 0 Å². The second-order valence-corrected chi connectivity index (χ2v) is 2.85. The van der Waals surface area contributed by atoms with E-state index in [0.717, 1.165) is 12.2 Å². The van der Waals surface area contributed by atoms with Gasteiger partial charge >= 0.3 is 11.9 Å². The van der Waals surface area contributed by atoms with Crippen LogP contribution in [0.5, 0.6) is 0 Å². The van der Waals surface area contributed by atoms with Crippen LogP contribution in [0.15, 0.2) is 0 Å². The van der Waals surface area contributed by atoms with Gasteiger partial charge in [0, 0.05) is 12.8 Å². The van der Waals surface area contributed by atoms with Gasteiger partial charge in [0.2, 0.25) is 12.2 Å². The second kappa shape index (κ2) is 14.7. The highest BCUT2D eigenvalue weighted by atomic mass is 16.6. The lowest BCUT2D eigenvalue weighted by Crippen LogP contribution is -2.15. The van der Waals surface area contributed by atoms with Crippen molar-refractivity contribution in [1.82, 2.24) is 0 Å². The van der Waals surface area contributed by atoms with Crippen LogP contribution in [0.4, 0.5) is 0 Å². The number of cyclic esters (lactones) is 2. The Bertz CT molecular complexity index is 268. The number of isocyanates is 2. The van der Waals surface area contributed by atoms with E-state index >= 15 is 0 Å². The third-order valence-electron chi connectivity index (χ3n) is 1.62. The first-order chi connectivity index (χ1) is 8.62. The highest BCUT2D eigenvalue weighted by Crippen LogP contribution is 2.04. The van der Waals surface area contributed by atoms with E-state index in [2.05, 4.69) is 0 Å². The van der Waals surface area contributed by atoms with Crippen LogP contribution in [-0.2, 0) is 28.7 Å². The van der Waals surface area contributed by atoms with Gasteiger partial charge in [-0.05, 0) is 12.8 Å². The third-order valence-corrected chi connectivity index (χ3v) is 1.62. The Balaban J connectivity index is 0. The standard InChI is InChI=1S/C8H12O4.2CHNO/c9-7-3-1-2-4-8(10)12-6-5-11-7;2*2-1-3/h1-6H2;2*2H. The van der Waals surface area contributed by atoms with E-state index in [1.807, 2.05) is 0 Å². The van der Waals surface area contributed by atoms with Crippen LogP contribution < -0.4 is 0 Å². The summed E-state index contributed by atoms with van der Waals surface area (Å²) in [6, 6.07) is 0. The summed E-state index contributed by atoms with van der Waals surface area (Å²) in [6.07, 6.45) is 3.72. The van der Waals surface area contributed by atoms with Gasteiger partial charge in [0.05, 0.1) is 0 Å². The lowest BCUT2D eigenvalue weighted by molar-refractivity contribution is -0.153. The van der Waals surface area contributed by atoms with Crippen molar-refractivity contribution in [2.45, 2.75) is 25.7 Å². The largest absolute Gasteiger partial charge is 0.462 e. The van der Waals surface area contributed by atoms with E-state index in [1.54, 1.807) is 0 Å². The molecule has 1 aliphatic rings. The second-order valence-electron chi connectivity index (χ2n) is 2.85. The zero-order valence-corrected chi connectivity index (χ0v) is 9.69. The Morgan fingerprint density at radius 2 is 1.11 bits per heavy atom. The van der Waals surface area contributed by atoms with E-state index in [9.17, 15) is 9.59 Å². The minimum atomic E-state index is -0.201. The van der Waals surface area contributed by atoms with Crippen molar-refractivity contribution in [1.29, 1.82) is 10.8 Å². The number of carbonyl (C=O) groups is 2. The number of carbonyl (C=O) groups excluding carboxylic acids is 4. The van der Waals surface area contributed by atoms with Crippen molar-refractivity contribution in [3.05, 3.63) is 0 Å². The lowest BCUT2D eigenvalue weighted by Gasteiger charge is -2.08. The summed E-state index contributed by atoms with van der Waals surface area (Å²) in [5.74, 6) is -0.402. The number of rotatable bonds is 0. The van der Waals surface area contributed by atoms with Crippen LogP contribution in [0.3, 0.4) is 0 Å². The molecule has 8 nitrogen and oxygen atoms in total. The molecule has 0 aromatic carbocycles. The maximum Gasteiger partial charge on any atom is 0.305 e. The summed E-state index contributed by atoms with van der Waals surface area (Å²) >= 11 is 0. The summed E-state index contributed by atoms with van der Waals surface area (Å²) < 4.78 is 9.50. The first-order valence-corrected chi connectivity index (χ1v) is 5.01. The molecule has 8 heteroatoms. The number of nitrogens with one attached hydrogen (secondary N) is 2. The summed E-state index contributed by atoms with van der Waals surface area (Å²) in [6.45, 7) is 0.370. The van der Waals surface area contributed by atoms with Crippen LogP contribution >= 0.6 is 0 Å². The van der Waals surface area contributed by atoms with Gasteiger partial charge in [-0.3, -0.25) is 9.59 Å². The Kier molecular flexibility index (Phi) is 14.8. The molecule has 1 heterocycles. The molecule has 2 N–H and O–H groups in total. The van der Waals surface area contributed by atoms with Crippen LogP contribution in [0, 0.1) is 10.8 Å². The zero-order chi connectivity index (χ0) is 14.2. The van der Waals surface area contributed by atoms with Crippen molar-refractivity contribution in [2.24, 2.45) is 0 Å². The summed E-state index contributed by atoms with van der Waals surface area (Å²) in [5.41, 5.74) is 0. The molecule has 0 atom stereocenters. The molecule has 0 radical (unpaired) electrons. The predicted octanol–water partition coefficient (Wildman–Crippen LogP) is 0.449. The molecule has 1 fully saturated rings. The van der Waals surface area contributed by atoms with Gasteiger partial charge < -0.3 is 9.47 Å². The topological polar surface area (TPSA) is 134 Å². The number of hydrogen-bond donors (Lipinski definition) is 2. The smallest absolute Gasteiger partial charge is 0.305 e. The lowest BCUT2D eigenvalue weighted by atomic mass is 10.2. The fraction of sp³-hybridized carbons (Fsp3) is 0.600. The molecule has 100 valence electrons. The monoisotopic (exact) mass is 258 g/mol. The normalized spacial score (nSPS) is 14.9. The number of ether oxygens (including phenoxy) is 2. The maximum atomic E-state index is 10.8. The van der Waals surface area contributed by atoms with Crippen LogP contribution in [0.25, 0.3) is 0 Å². The molecule has 1 aliphatic heterocycles. The maximum absolute atomic E-state index is 10.8. The highest BCUT2D eigenvalue weighted by Gasteiger charge is 2.08. The van der Waals surface area contributed by atoms with Crippen LogP contribution in [-0.4, -0.2) is 37.3 Å². The molecular weight excluding hydrogens is 244 g/mol. The summed E-state index contributed by atoms with van der Waals surface area (Å²) in [7, 11) is 0. The van der Waals surface area contributed by atoms with Crippen molar-refractivity contribution < 1.29 is 28.7 Å². The van der Waals surface area contributed by atoms with E-state index in [4.69, 9.17) is 29.9 Å². The zero-order valence-electron chi connectivity index (χ0n) is 9.69. The summed E-state index contributed by atoms with van der Waals surface area (Å²) in [4.78, 5) is 38.3. The molecule has 0 aromatic heterocycles. The van der Waals surface area contributed by atoms with E-state index in [0.29, 0.717) is 25.7 Å². The van der Waals surface area contributed by atoms with Gasteiger partial charge in [-0.1, -0.05) is 0 Å². The average Bonchev–Trinajstić information content (AvgIpc) is 2.32. The van der Waals surface area contributed by atoms with Gasteiger partial charge in [-0.2, -0.15) is 0 Å². The minimum absolute atomic E-state index is 0.185. The average molecular weight is 258 g/mol. The van der Waals surface area contributed by atoms with E-state index < -0.39 is 0 Å². The molecule has 0 saturated carbocycles. The van der Waals surface area contributed by atoms with E-state index in [-0.39, 0.29) is 25.2 Å². The minimum Gasteiger partial charge on any atom is -0.462 e. The molecule has 0 aliphatic carbocycles. The Morgan fingerprint density at radius 3 is 1.39 bits per heavy atom. The molecule has 0 aromatic rings. The van der Waals surface area contributed by atoms with Crippen molar-refractivity contribution >= 4 is 24.1 Å². The Hall–Kier alpha value is -2.30. The molecule has 18 heavy (non-hydrogen) atoms. The Labute approximate surface area is 103 Å². The predicted molar refractivity (Wildman–Crippen MR) is 57.2 cm³/mol. The summed E-state index contributed by atoms with van der Waals surface area (Å²) in [5, 5.41) is 10.8. The quantitative estimate of drug-likeness (QED) is 0.368. The van der Waals surface area contributed by atoms with Crippen molar-refractivity contribution in [3.63, 3.8) is 0 Å². The Morgan fingerprint density at radius 1 is 0.833 bits per heavy atom. The molecule has 1 rings (SSSR count). The molecule has 0 amide bonds. The van der Waals surface area contributed by atoms with Crippen LogP contribution in [0.2, 0.25) is 0 Å². The van der Waals surface area contributed by atoms with Gasteiger partial charge in [-0.15, -0.1) is 0 Å². The number of hydrogen-bond acceptors (Lipinski definition) is 8. The van der Waals surface area contributed by atoms with Gasteiger partial charge in [-0.25, -0.2) is 20.4 Å². The van der Waals surface area contributed by atoms with Gasteiger partial charge in [0.15, 0.2) is 0 Å². The first-order valence-electron chi connectivity index (χ1n) is 5.01. The molecule has 1 saturated heterocycles. The number of esters is 2. The van der Waals surface area contributed by atoms with Crippen LogP contribution in [0.1, 0.15) is 25.7 Å². The first kappa shape index (κ1) is 18.1. The molecular formula is C10H14N2O6.